The van der Waals surface area contributed by atoms with E-state index in [2.05, 4.69) is 5.32 Å². The Kier molecular flexibility index (Phi) is 3.44. The van der Waals surface area contributed by atoms with Crippen LogP contribution in [-0.2, 0) is 16.6 Å². The monoisotopic (exact) mass is 291 g/mol. The summed E-state index contributed by atoms with van der Waals surface area (Å²) in [5.74, 6) is -1.66. The summed E-state index contributed by atoms with van der Waals surface area (Å²) in [5.41, 5.74) is -0.465. The van der Waals surface area contributed by atoms with Crippen LogP contribution in [0.1, 0.15) is 41.6 Å². The van der Waals surface area contributed by atoms with Crippen LogP contribution in [0.5, 0.6) is 0 Å². The average Bonchev–Trinajstić information content (AvgIpc) is 2.76. The molecule has 21 heavy (non-hydrogen) atoms. The van der Waals surface area contributed by atoms with Crippen molar-refractivity contribution in [3.8, 4) is 0 Å². The third-order valence-corrected chi connectivity index (χ3v) is 3.66. The number of carbonyl (C=O) groups excluding carboxylic acids is 4. The number of nitrogens with zero attached hydrogens (tertiary/aromatic N) is 2. The lowest BCUT2D eigenvalue weighted by atomic mass is 9.98. The Morgan fingerprint density at radius 1 is 1.29 bits per heavy atom. The average molecular weight is 291 g/mol. The normalized spacial score (nSPS) is 17.6. The minimum atomic E-state index is -1.13. The highest BCUT2D eigenvalue weighted by molar-refractivity contribution is 6.09. The molecule has 7 heteroatoms. The first-order valence-corrected chi connectivity index (χ1v) is 6.48. The number of nitrogens with one attached hydrogen (secondary N) is 1. The van der Waals surface area contributed by atoms with Gasteiger partial charge in [0.1, 0.15) is 17.8 Å². The second kappa shape index (κ2) is 4.83. The largest absolute Gasteiger partial charge is 0.346 e. The lowest BCUT2D eigenvalue weighted by Crippen LogP contribution is -2.65. The third-order valence-electron chi connectivity index (χ3n) is 3.66. The van der Waals surface area contributed by atoms with Gasteiger partial charge >= 0.3 is 0 Å². The molecule has 2 rings (SSSR count). The van der Waals surface area contributed by atoms with Crippen molar-refractivity contribution >= 4 is 23.5 Å². The van der Waals surface area contributed by atoms with E-state index >= 15 is 0 Å². The summed E-state index contributed by atoms with van der Waals surface area (Å²) in [5, 5.41) is 2.21. The van der Waals surface area contributed by atoms with E-state index in [1.807, 2.05) is 0 Å². The number of hydrogen-bond donors (Lipinski definition) is 1. The topological polar surface area (TPSA) is 88.5 Å². The molecule has 0 saturated carbocycles. The molecule has 1 fully saturated rings. The standard InChI is InChI=1S/C14H17N3O4/c1-8(18)9-5-10(16(4)6-9)12(20)17-7-11(19)15-13(21)14(17,2)3/h5-6H,7H2,1-4H3,(H,15,19,21). The molecule has 3 amide bonds. The number of imide groups is 1. The van der Waals surface area contributed by atoms with Crippen LogP contribution in [0.4, 0.5) is 0 Å². The van der Waals surface area contributed by atoms with Gasteiger partial charge in [0.2, 0.25) is 5.91 Å². The minimum absolute atomic E-state index is 0.156. The molecule has 1 aromatic rings. The highest BCUT2D eigenvalue weighted by Crippen LogP contribution is 2.22. The van der Waals surface area contributed by atoms with Crippen LogP contribution >= 0.6 is 0 Å². The second-order valence-electron chi connectivity index (χ2n) is 5.61. The molecule has 0 unspecified atom stereocenters. The Labute approximate surface area is 121 Å². The quantitative estimate of drug-likeness (QED) is 0.618. The smallest absolute Gasteiger partial charge is 0.271 e. The number of aryl methyl sites for hydroxylation is 1. The van der Waals surface area contributed by atoms with Crippen LogP contribution in [-0.4, -0.2) is 45.1 Å². The highest BCUT2D eigenvalue weighted by Gasteiger charge is 2.44. The number of hydrogen-bond acceptors (Lipinski definition) is 4. The Morgan fingerprint density at radius 2 is 1.90 bits per heavy atom. The zero-order valence-corrected chi connectivity index (χ0v) is 12.4. The molecule has 1 aromatic heterocycles. The van der Waals surface area contributed by atoms with E-state index in [0.717, 1.165) is 0 Å². The Morgan fingerprint density at radius 3 is 2.43 bits per heavy atom. The van der Waals surface area contributed by atoms with E-state index in [0.29, 0.717) is 5.56 Å². The summed E-state index contributed by atoms with van der Waals surface area (Å²) in [6.07, 6.45) is 1.55. The number of Topliss-reactive ketones (excluding diaryl/α,β-unsaturated/α-hetero) is 1. The molecule has 0 radical (unpaired) electrons. The molecule has 7 nitrogen and oxygen atoms in total. The number of carbonyl (C=O) groups is 4. The van der Waals surface area contributed by atoms with Crippen LogP contribution in [0.15, 0.2) is 12.3 Å². The Bertz CT molecular complexity index is 657. The van der Waals surface area contributed by atoms with Gasteiger partial charge in [-0.15, -0.1) is 0 Å². The van der Waals surface area contributed by atoms with Gasteiger partial charge in [-0.1, -0.05) is 0 Å². The van der Waals surface area contributed by atoms with Crippen LogP contribution in [0.2, 0.25) is 0 Å². The van der Waals surface area contributed by atoms with Gasteiger partial charge in [-0.25, -0.2) is 0 Å². The maximum Gasteiger partial charge on any atom is 0.271 e. The zero-order chi connectivity index (χ0) is 15.9. The number of piperazine rings is 1. The van der Waals surface area contributed by atoms with Crippen molar-refractivity contribution < 1.29 is 19.2 Å². The van der Waals surface area contributed by atoms with E-state index in [9.17, 15) is 19.2 Å². The van der Waals surface area contributed by atoms with Crippen molar-refractivity contribution in [3.05, 3.63) is 23.5 Å². The Balaban J connectivity index is 2.41. The molecule has 0 spiro atoms. The van der Waals surface area contributed by atoms with Crippen molar-refractivity contribution in [2.45, 2.75) is 26.3 Å². The molecule has 1 saturated heterocycles. The molecular weight excluding hydrogens is 274 g/mol. The van der Waals surface area contributed by atoms with Crippen LogP contribution in [0.25, 0.3) is 0 Å². The maximum atomic E-state index is 12.6. The molecular formula is C14H17N3O4. The van der Waals surface area contributed by atoms with Gasteiger partial charge in [0.25, 0.3) is 11.8 Å². The van der Waals surface area contributed by atoms with Gasteiger partial charge in [-0.05, 0) is 26.8 Å². The molecule has 1 aliphatic rings. The highest BCUT2D eigenvalue weighted by atomic mass is 16.2. The number of rotatable bonds is 2. The van der Waals surface area contributed by atoms with Gasteiger partial charge < -0.3 is 9.47 Å². The molecule has 112 valence electrons. The van der Waals surface area contributed by atoms with E-state index in [1.54, 1.807) is 27.1 Å². The van der Waals surface area contributed by atoms with Crippen molar-refractivity contribution in [3.63, 3.8) is 0 Å². The van der Waals surface area contributed by atoms with E-state index in [1.165, 1.54) is 22.5 Å². The second-order valence-corrected chi connectivity index (χ2v) is 5.61. The fourth-order valence-electron chi connectivity index (χ4n) is 2.22. The van der Waals surface area contributed by atoms with E-state index in [-0.39, 0.29) is 18.0 Å². The fraction of sp³-hybridized carbons (Fsp3) is 0.429. The Hall–Kier alpha value is -2.44. The summed E-state index contributed by atoms with van der Waals surface area (Å²) in [4.78, 5) is 48.6. The number of aromatic nitrogens is 1. The van der Waals surface area contributed by atoms with E-state index in [4.69, 9.17) is 0 Å². The predicted molar refractivity (Wildman–Crippen MR) is 73.7 cm³/mol. The van der Waals surface area contributed by atoms with Crippen molar-refractivity contribution in [2.24, 2.45) is 7.05 Å². The van der Waals surface area contributed by atoms with Gasteiger partial charge in [0.15, 0.2) is 5.78 Å². The van der Waals surface area contributed by atoms with Crippen molar-refractivity contribution in [1.82, 2.24) is 14.8 Å². The number of ketones is 1. The summed E-state index contributed by atoms with van der Waals surface area (Å²) in [6, 6.07) is 1.47. The first-order chi connectivity index (χ1) is 9.64. The van der Waals surface area contributed by atoms with Crippen LogP contribution < -0.4 is 5.32 Å². The minimum Gasteiger partial charge on any atom is -0.346 e. The molecule has 1 N–H and O–H groups in total. The third kappa shape index (κ3) is 2.46. The zero-order valence-electron chi connectivity index (χ0n) is 12.4. The summed E-state index contributed by atoms with van der Waals surface area (Å²) in [7, 11) is 1.64. The first-order valence-electron chi connectivity index (χ1n) is 6.48. The summed E-state index contributed by atoms with van der Waals surface area (Å²) < 4.78 is 1.52. The fourth-order valence-corrected chi connectivity index (χ4v) is 2.22. The SMILES string of the molecule is CC(=O)c1cc(C(=O)N2CC(=O)NC(=O)C2(C)C)n(C)c1. The molecule has 1 aliphatic heterocycles. The maximum absolute atomic E-state index is 12.6. The van der Waals surface area contributed by atoms with Crippen molar-refractivity contribution in [1.29, 1.82) is 0 Å². The van der Waals surface area contributed by atoms with E-state index < -0.39 is 23.3 Å². The lowest BCUT2D eigenvalue weighted by Gasteiger charge is -2.40. The van der Waals surface area contributed by atoms with Gasteiger partial charge in [-0.3, -0.25) is 24.5 Å². The molecule has 0 aromatic carbocycles. The lowest BCUT2D eigenvalue weighted by molar-refractivity contribution is -0.143. The number of amides is 3. The molecule has 0 aliphatic carbocycles. The van der Waals surface area contributed by atoms with Gasteiger partial charge in [-0.2, -0.15) is 0 Å². The molecule has 0 bridgehead atoms. The van der Waals surface area contributed by atoms with Crippen molar-refractivity contribution in [2.75, 3.05) is 6.54 Å². The van der Waals surface area contributed by atoms with Crippen LogP contribution in [0.3, 0.4) is 0 Å². The predicted octanol–water partition coefficient (Wildman–Crippen LogP) is 0.105. The summed E-state index contributed by atoms with van der Waals surface area (Å²) in [6.45, 7) is 4.35. The van der Waals surface area contributed by atoms with Gasteiger partial charge in [0, 0.05) is 18.8 Å². The molecule has 0 atom stereocenters. The van der Waals surface area contributed by atoms with Crippen LogP contribution in [0, 0.1) is 0 Å². The van der Waals surface area contributed by atoms with Gasteiger partial charge in [0.05, 0.1) is 0 Å². The summed E-state index contributed by atoms with van der Waals surface area (Å²) >= 11 is 0. The first kappa shape index (κ1) is 15.0. The molecule has 2 heterocycles.